The number of hydrogen-bond donors (Lipinski definition) is 0. The molecule has 46 heavy (non-hydrogen) atoms. The van der Waals surface area contributed by atoms with Crippen molar-refractivity contribution in [2.24, 2.45) is 0 Å². The number of carbonyl (C=O) groups is 1. The number of amides is 1. The molecule has 0 saturated carbocycles. The topological polar surface area (TPSA) is 98.5 Å². The minimum Gasteiger partial charge on any atom is -0.461 e. The Balaban J connectivity index is 1.33. The first-order valence-electron chi connectivity index (χ1n) is 15.4. The molecule has 236 valence electrons. The zero-order valence-corrected chi connectivity index (χ0v) is 25.9. The van der Waals surface area contributed by atoms with Gasteiger partial charge in [-0.1, -0.05) is 30.3 Å². The summed E-state index contributed by atoms with van der Waals surface area (Å²) < 4.78 is 36.9. The molecule has 0 unspecified atom stereocenters. The highest BCUT2D eigenvalue weighted by Gasteiger charge is 2.49. The number of benzene rings is 2. The summed E-state index contributed by atoms with van der Waals surface area (Å²) >= 11 is 6.59. The second-order valence-corrected chi connectivity index (χ2v) is 12.7. The number of carbonyl (C=O) groups excluding carboxylic acids is 1. The third-order valence-electron chi connectivity index (χ3n) is 9.56. The molecule has 9 nitrogen and oxygen atoms in total. The lowest BCUT2D eigenvalue weighted by Gasteiger charge is -2.41. The monoisotopic (exact) mass is 643 g/mol. The Labute approximate surface area is 270 Å². The molecule has 2 aromatic heterocycles. The van der Waals surface area contributed by atoms with Crippen molar-refractivity contribution in [1.29, 1.82) is 5.26 Å². The molecule has 7 rings (SSSR count). The summed E-state index contributed by atoms with van der Waals surface area (Å²) in [5.74, 6) is -0.323. The summed E-state index contributed by atoms with van der Waals surface area (Å²) in [6.45, 7) is 6.07. The molecule has 0 spiro atoms. The fraction of sp³-hybridized carbons (Fsp3) is 0.382. The van der Waals surface area contributed by atoms with Crippen molar-refractivity contribution < 1.29 is 18.3 Å². The highest BCUT2D eigenvalue weighted by molar-refractivity contribution is 6.36. The predicted molar refractivity (Wildman–Crippen MR) is 172 cm³/mol. The second-order valence-electron chi connectivity index (χ2n) is 12.3. The van der Waals surface area contributed by atoms with Crippen LogP contribution in [-0.2, 0) is 4.79 Å². The van der Waals surface area contributed by atoms with E-state index in [1.807, 2.05) is 17.0 Å². The van der Waals surface area contributed by atoms with Crippen molar-refractivity contribution >= 4 is 45.0 Å². The van der Waals surface area contributed by atoms with Gasteiger partial charge in [0.2, 0.25) is 5.91 Å². The van der Waals surface area contributed by atoms with Crippen molar-refractivity contribution in [3.63, 3.8) is 0 Å². The number of aromatic nitrogens is 3. The quantitative estimate of drug-likeness (QED) is 0.236. The van der Waals surface area contributed by atoms with E-state index in [-0.39, 0.29) is 30.5 Å². The summed E-state index contributed by atoms with van der Waals surface area (Å²) in [5.41, 5.74) is 0.828. The Bertz CT molecular complexity index is 1900. The van der Waals surface area contributed by atoms with E-state index < -0.39 is 23.6 Å². The molecule has 0 bridgehead atoms. The van der Waals surface area contributed by atoms with Crippen molar-refractivity contribution in [2.75, 3.05) is 44.2 Å². The van der Waals surface area contributed by atoms with E-state index in [9.17, 15) is 14.4 Å². The first-order valence-corrected chi connectivity index (χ1v) is 15.8. The summed E-state index contributed by atoms with van der Waals surface area (Å²) in [5, 5.41) is 11.9. The third kappa shape index (κ3) is 5.29. The van der Waals surface area contributed by atoms with E-state index >= 15 is 4.39 Å². The van der Waals surface area contributed by atoms with Crippen LogP contribution < -0.4 is 9.64 Å². The average molecular weight is 644 g/mol. The van der Waals surface area contributed by atoms with Gasteiger partial charge in [0.15, 0.2) is 0 Å². The van der Waals surface area contributed by atoms with Gasteiger partial charge >= 0.3 is 6.01 Å². The molecule has 4 aromatic rings. The molecule has 1 amide bonds. The Kier molecular flexibility index (Phi) is 7.95. The van der Waals surface area contributed by atoms with E-state index in [0.29, 0.717) is 65.3 Å². The van der Waals surface area contributed by atoms with Crippen LogP contribution in [0.2, 0.25) is 5.02 Å². The number of alkyl halides is 1. The fourth-order valence-corrected chi connectivity index (χ4v) is 7.68. The molecule has 3 atom stereocenters. The van der Waals surface area contributed by atoms with Gasteiger partial charge < -0.3 is 14.5 Å². The van der Waals surface area contributed by atoms with Crippen molar-refractivity contribution in [3.8, 4) is 23.2 Å². The maximum atomic E-state index is 16.1. The molecule has 0 aliphatic carbocycles. The van der Waals surface area contributed by atoms with Crippen LogP contribution in [0, 0.1) is 17.1 Å². The van der Waals surface area contributed by atoms with Crippen LogP contribution in [0.1, 0.15) is 25.7 Å². The molecule has 5 heterocycles. The molecule has 3 saturated heterocycles. The van der Waals surface area contributed by atoms with Gasteiger partial charge in [0.25, 0.3) is 0 Å². The molecule has 2 aromatic carbocycles. The molecule has 3 fully saturated rings. The van der Waals surface area contributed by atoms with Gasteiger partial charge in [-0.2, -0.15) is 15.2 Å². The molecule has 3 aliphatic heterocycles. The number of halogens is 3. The number of ether oxygens (including phenoxy) is 1. The molecule has 3 aliphatic rings. The van der Waals surface area contributed by atoms with E-state index in [2.05, 4.69) is 22.5 Å². The predicted octanol–water partition coefficient (Wildman–Crippen LogP) is 5.71. The number of fused-ring (bicyclic) bond motifs is 3. The summed E-state index contributed by atoms with van der Waals surface area (Å²) in [6, 6.07) is 10.3. The van der Waals surface area contributed by atoms with Gasteiger partial charge in [-0.3, -0.25) is 14.7 Å². The Hall–Kier alpha value is -4.40. The van der Waals surface area contributed by atoms with Crippen LogP contribution in [0.3, 0.4) is 0 Å². The van der Waals surface area contributed by atoms with Gasteiger partial charge in [0.1, 0.15) is 24.4 Å². The van der Waals surface area contributed by atoms with E-state index in [1.54, 1.807) is 29.4 Å². The van der Waals surface area contributed by atoms with Gasteiger partial charge in [0, 0.05) is 77.3 Å². The lowest BCUT2D eigenvalue weighted by molar-refractivity contribution is -0.128. The number of nitriles is 1. The lowest BCUT2D eigenvalue weighted by Crippen LogP contribution is -2.55. The number of piperazine rings is 1. The van der Waals surface area contributed by atoms with Gasteiger partial charge in [-0.15, -0.1) is 0 Å². The van der Waals surface area contributed by atoms with Crippen LogP contribution in [0.15, 0.2) is 55.4 Å². The zero-order chi connectivity index (χ0) is 32.0. The maximum Gasteiger partial charge on any atom is 0.319 e. The highest BCUT2D eigenvalue weighted by atomic mass is 35.5. The lowest BCUT2D eigenvalue weighted by atomic mass is 9.95. The normalized spacial score (nSPS) is 23.1. The van der Waals surface area contributed by atoms with Gasteiger partial charge in [0.05, 0.1) is 29.6 Å². The molecular weight excluding hydrogens is 612 g/mol. The molecular formula is C34H32ClF2N7O2. The van der Waals surface area contributed by atoms with Crippen LogP contribution >= 0.6 is 11.6 Å². The van der Waals surface area contributed by atoms with Crippen LogP contribution in [0.4, 0.5) is 14.6 Å². The first kappa shape index (κ1) is 30.3. The summed E-state index contributed by atoms with van der Waals surface area (Å²) in [4.78, 5) is 32.1. The second kappa shape index (κ2) is 12.1. The Morgan fingerprint density at radius 2 is 2.07 bits per heavy atom. The van der Waals surface area contributed by atoms with Gasteiger partial charge in [-0.05, 0) is 43.7 Å². The molecule has 0 radical (unpaired) electrons. The average Bonchev–Trinajstić information content (AvgIpc) is 3.58. The van der Waals surface area contributed by atoms with E-state index in [1.165, 1.54) is 12.1 Å². The summed E-state index contributed by atoms with van der Waals surface area (Å²) in [6.07, 6.45) is 5.91. The Morgan fingerprint density at radius 3 is 2.89 bits per heavy atom. The van der Waals surface area contributed by atoms with Crippen molar-refractivity contribution in [2.45, 2.75) is 43.4 Å². The summed E-state index contributed by atoms with van der Waals surface area (Å²) in [7, 11) is 0. The third-order valence-corrected chi connectivity index (χ3v) is 9.88. The number of nitrogens with zero attached hydrogens (tertiary/aromatic N) is 7. The largest absolute Gasteiger partial charge is 0.461 e. The van der Waals surface area contributed by atoms with Gasteiger partial charge in [-0.25, -0.2) is 8.78 Å². The van der Waals surface area contributed by atoms with Crippen LogP contribution in [-0.4, -0.2) is 87.7 Å². The fourth-order valence-electron chi connectivity index (χ4n) is 7.40. The van der Waals surface area contributed by atoms with Crippen molar-refractivity contribution in [1.82, 2.24) is 24.8 Å². The minimum atomic E-state index is -0.907. The first-order chi connectivity index (χ1) is 22.3. The van der Waals surface area contributed by atoms with E-state index in [0.717, 1.165) is 24.8 Å². The van der Waals surface area contributed by atoms with Crippen molar-refractivity contribution in [3.05, 3.63) is 66.2 Å². The molecule has 0 N–H and O–H groups in total. The smallest absolute Gasteiger partial charge is 0.319 e. The van der Waals surface area contributed by atoms with E-state index in [4.69, 9.17) is 26.3 Å². The SMILES string of the molecule is C=CC(=O)N1CCN(c2nc(OC[C@@]34CCCN3C[C@H](F)C4)nc3cc(-c4cncc5cccc(Cl)c45)c(F)cc23)C[C@@H]1CC#N. The minimum absolute atomic E-state index is 0.0964. The number of anilines is 1. The molecule has 12 heteroatoms. The number of rotatable bonds is 7. The van der Waals surface area contributed by atoms with Crippen LogP contribution in [0.25, 0.3) is 32.8 Å². The standard InChI is InChI=1S/C34H32ClF2N7O2/c1-2-30(45)44-12-11-42(19-23(44)7-9-38)32-25-13-28(37)24(26-17-39-16-21-5-3-6-27(35)31(21)26)14-29(25)40-33(41-32)46-20-34-8-4-10-43(34)18-22(36)15-34/h2-3,5-6,13-14,16-17,22-23H,1,4,7-8,10-12,15,18-20H2/t22-,23+,34+/m1/s1. The number of hydrogen-bond acceptors (Lipinski definition) is 8. The Morgan fingerprint density at radius 1 is 1.20 bits per heavy atom. The van der Waals surface area contributed by atoms with Crippen LogP contribution in [0.5, 0.6) is 6.01 Å². The zero-order valence-electron chi connectivity index (χ0n) is 25.1. The maximum absolute atomic E-state index is 16.1. The number of pyridine rings is 1. The highest BCUT2D eigenvalue weighted by Crippen LogP contribution is 2.41.